The van der Waals surface area contributed by atoms with Crippen molar-refractivity contribution >= 4 is 48.3 Å². The molecule has 7 nitrogen and oxygen atoms in total. The number of halogens is 1. The summed E-state index contributed by atoms with van der Waals surface area (Å²) in [6.45, 7) is 1.89. The third kappa shape index (κ3) is 4.56. The number of carbonyl (C=O) groups excluding carboxylic acids is 1. The van der Waals surface area contributed by atoms with Gasteiger partial charge in [-0.2, -0.15) is 0 Å². The minimum atomic E-state index is -4.03. The molecule has 0 atom stereocenters. The number of fused-ring (bicyclic) bond motifs is 1. The molecule has 0 fully saturated rings. The predicted octanol–water partition coefficient (Wildman–Crippen LogP) is 4.81. The Kier molecular flexibility index (Phi) is 5.81. The number of hydrogen-bond donors (Lipinski definition) is 2. The lowest BCUT2D eigenvalue weighted by Crippen LogP contribution is -2.17. The molecule has 1 amide bonds. The molecule has 0 bridgehead atoms. The fourth-order valence-electron chi connectivity index (χ4n) is 2.98. The van der Waals surface area contributed by atoms with Crippen molar-refractivity contribution in [1.82, 2.24) is 4.98 Å². The number of methoxy groups -OCH3 is 1. The Morgan fingerprint density at radius 3 is 2.53 bits per heavy atom. The van der Waals surface area contributed by atoms with E-state index in [2.05, 4.69) is 15.0 Å². The van der Waals surface area contributed by atoms with Crippen molar-refractivity contribution in [1.29, 1.82) is 0 Å². The second kappa shape index (κ2) is 8.56. The van der Waals surface area contributed by atoms with Gasteiger partial charge in [0.05, 0.1) is 17.3 Å². The number of nitrogens with one attached hydrogen (secondary N) is 2. The van der Waals surface area contributed by atoms with Crippen LogP contribution in [0.3, 0.4) is 0 Å². The second-order valence-corrected chi connectivity index (χ2v) is 9.60. The molecule has 0 radical (unpaired) electrons. The van der Waals surface area contributed by atoms with Gasteiger partial charge in [-0.05, 0) is 55.5 Å². The van der Waals surface area contributed by atoms with Crippen LogP contribution in [-0.4, -0.2) is 26.4 Å². The molecule has 0 saturated carbocycles. The van der Waals surface area contributed by atoms with E-state index in [0.717, 1.165) is 16.9 Å². The number of nitrogens with zero attached hydrogens (tertiary/aromatic N) is 1. The van der Waals surface area contributed by atoms with E-state index in [0.29, 0.717) is 15.9 Å². The summed E-state index contributed by atoms with van der Waals surface area (Å²) in [5.41, 5.74) is 2.02. The first kappa shape index (κ1) is 21.7. The zero-order valence-electron chi connectivity index (χ0n) is 17.0. The van der Waals surface area contributed by atoms with Gasteiger partial charge in [-0.15, -0.1) is 0 Å². The highest BCUT2D eigenvalue weighted by Crippen LogP contribution is 2.29. The van der Waals surface area contributed by atoms with Gasteiger partial charge in [0.1, 0.15) is 16.5 Å². The van der Waals surface area contributed by atoms with Crippen molar-refractivity contribution in [2.75, 3.05) is 17.1 Å². The van der Waals surface area contributed by atoms with Gasteiger partial charge < -0.3 is 4.74 Å². The number of hydrogen-bond acceptors (Lipinski definition) is 6. The van der Waals surface area contributed by atoms with E-state index in [1.54, 1.807) is 24.3 Å². The molecule has 1 heterocycles. The maximum atomic E-state index is 13.4. The summed E-state index contributed by atoms with van der Waals surface area (Å²) in [6.07, 6.45) is 0. The zero-order valence-corrected chi connectivity index (χ0v) is 18.7. The van der Waals surface area contributed by atoms with E-state index in [1.807, 2.05) is 6.92 Å². The minimum Gasteiger partial charge on any atom is -0.495 e. The molecule has 3 aromatic carbocycles. The van der Waals surface area contributed by atoms with Crippen LogP contribution in [0.15, 0.2) is 65.6 Å². The molecule has 4 rings (SSSR count). The second-order valence-electron chi connectivity index (χ2n) is 6.92. The maximum Gasteiger partial charge on any atom is 0.265 e. The molecule has 10 heteroatoms. The number of carbonyl (C=O) groups is 1. The monoisotopic (exact) mass is 471 g/mol. The fraction of sp³-hybridized carbons (Fsp3) is 0.0909. The molecule has 1 aromatic heterocycles. The summed E-state index contributed by atoms with van der Waals surface area (Å²) in [5.74, 6) is -0.860. The van der Waals surface area contributed by atoms with Gasteiger partial charge in [0.15, 0.2) is 5.13 Å². The quantitative estimate of drug-likeness (QED) is 0.421. The number of amides is 1. The van der Waals surface area contributed by atoms with Crippen LogP contribution in [0.5, 0.6) is 5.75 Å². The van der Waals surface area contributed by atoms with Crippen molar-refractivity contribution in [3.05, 3.63) is 77.6 Å². The van der Waals surface area contributed by atoms with E-state index in [1.165, 1.54) is 43.5 Å². The highest BCUT2D eigenvalue weighted by atomic mass is 32.2. The Balaban J connectivity index is 1.62. The van der Waals surface area contributed by atoms with E-state index >= 15 is 0 Å². The van der Waals surface area contributed by atoms with Crippen LogP contribution < -0.4 is 14.8 Å². The molecule has 32 heavy (non-hydrogen) atoms. The van der Waals surface area contributed by atoms with Gasteiger partial charge >= 0.3 is 0 Å². The van der Waals surface area contributed by atoms with Gasteiger partial charge in [0, 0.05) is 11.3 Å². The Labute approximate surface area is 187 Å². The number of aryl methyl sites for hydroxylation is 1. The lowest BCUT2D eigenvalue weighted by atomic mass is 10.2. The van der Waals surface area contributed by atoms with Crippen LogP contribution in [0.4, 0.5) is 15.2 Å². The molecule has 2 N–H and O–H groups in total. The Hall–Kier alpha value is -3.50. The largest absolute Gasteiger partial charge is 0.495 e. The Bertz CT molecular complexity index is 1420. The van der Waals surface area contributed by atoms with E-state index in [4.69, 9.17) is 4.74 Å². The molecule has 0 spiro atoms. The molecule has 0 aliphatic carbocycles. The molecular weight excluding hydrogens is 453 g/mol. The molecule has 0 saturated heterocycles. The van der Waals surface area contributed by atoms with Gasteiger partial charge in [0.2, 0.25) is 0 Å². The van der Waals surface area contributed by atoms with E-state index in [-0.39, 0.29) is 21.3 Å². The normalized spacial score (nSPS) is 11.3. The number of thiazole rings is 1. The highest BCUT2D eigenvalue weighted by Gasteiger charge is 2.22. The van der Waals surface area contributed by atoms with Crippen LogP contribution in [0.2, 0.25) is 0 Å². The van der Waals surface area contributed by atoms with Gasteiger partial charge in [-0.3, -0.25) is 14.8 Å². The molecule has 0 unspecified atom stereocenters. The summed E-state index contributed by atoms with van der Waals surface area (Å²) in [7, 11) is -2.69. The predicted molar refractivity (Wildman–Crippen MR) is 123 cm³/mol. The lowest BCUT2D eigenvalue weighted by molar-refractivity contribution is 0.102. The van der Waals surface area contributed by atoms with Crippen molar-refractivity contribution in [2.24, 2.45) is 0 Å². The van der Waals surface area contributed by atoms with Crippen molar-refractivity contribution in [2.45, 2.75) is 11.8 Å². The van der Waals surface area contributed by atoms with Crippen molar-refractivity contribution in [3.63, 3.8) is 0 Å². The third-order valence-electron chi connectivity index (χ3n) is 4.59. The first-order valence-electron chi connectivity index (χ1n) is 9.40. The number of rotatable bonds is 6. The van der Waals surface area contributed by atoms with E-state index in [9.17, 15) is 17.6 Å². The third-order valence-corrected chi connectivity index (χ3v) is 6.93. The maximum absolute atomic E-state index is 13.4. The van der Waals surface area contributed by atoms with Crippen molar-refractivity contribution in [3.8, 4) is 5.75 Å². The van der Waals surface area contributed by atoms with Crippen molar-refractivity contribution < 1.29 is 22.3 Å². The standard InChI is InChI=1S/C22H18FN3O4S2/c1-13-3-7-16(8-4-13)26-32(28,29)20-11-14(5-10-18(20)30-2)21(27)25-22-24-17-9-6-15(23)12-19(17)31-22/h3-12,26H,1-2H3,(H,24,25,27). The number of ether oxygens (including phenoxy) is 1. The van der Waals surface area contributed by atoms with Crippen LogP contribution in [-0.2, 0) is 10.0 Å². The van der Waals surface area contributed by atoms with Gasteiger partial charge in [0.25, 0.3) is 15.9 Å². The Morgan fingerprint density at radius 1 is 1.06 bits per heavy atom. The van der Waals surface area contributed by atoms with Crippen LogP contribution in [0, 0.1) is 12.7 Å². The lowest BCUT2D eigenvalue weighted by Gasteiger charge is -2.13. The summed E-state index contributed by atoms with van der Waals surface area (Å²) in [4.78, 5) is 16.8. The topological polar surface area (TPSA) is 97.4 Å². The number of sulfonamides is 1. The molecule has 164 valence electrons. The Morgan fingerprint density at radius 2 is 1.81 bits per heavy atom. The van der Waals surface area contributed by atoms with Crippen LogP contribution in [0.1, 0.15) is 15.9 Å². The minimum absolute atomic E-state index is 0.0941. The first-order chi connectivity index (χ1) is 15.2. The van der Waals surface area contributed by atoms with Gasteiger partial charge in [-0.25, -0.2) is 17.8 Å². The summed E-state index contributed by atoms with van der Waals surface area (Å²) >= 11 is 1.12. The van der Waals surface area contributed by atoms with Crippen LogP contribution in [0.25, 0.3) is 10.2 Å². The van der Waals surface area contributed by atoms with Gasteiger partial charge in [-0.1, -0.05) is 29.0 Å². The summed E-state index contributed by atoms with van der Waals surface area (Å²) in [5, 5.41) is 2.90. The first-order valence-corrected chi connectivity index (χ1v) is 11.7. The zero-order chi connectivity index (χ0) is 22.9. The molecule has 4 aromatic rings. The average Bonchev–Trinajstić information content (AvgIpc) is 3.16. The number of benzene rings is 3. The summed E-state index contributed by atoms with van der Waals surface area (Å²) in [6, 6.07) is 15.1. The molecule has 0 aliphatic rings. The molecule has 0 aliphatic heterocycles. The number of aromatic nitrogens is 1. The van der Waals surface area contributed by atoms with E-state index < -0.39 is 21.7 Å². The van der Waals surface area contributed by atoms with Crippen LogP contribution >= 0.6 is 11.3 Å². The fourth-order valence-corrected chi connectivity index (χ4v) is 5.12. The smallest absolute Gasteiger partial charge is 0.265 e. The highest BCUT2D eigenvalue weighted by molar-refractivity contribution is 7.92. The summed E-state index contributed by atoms with van der Waals surface area (Å²) < 4.78 is 47.6. The average molecular weight is 472 g/mol. The SMILES string of the molecule is COc1ccc(C(=O)Nc2nc3ccc(F)cc3s2)cc1S(=O)(=O)Nc1ccc(C)cc1. The number of anilines is 2. The molecular formula is C22H18FN3O4S2.